The maximum absolute atomic E-state index is 13.3. The highest BCUT2D eigenvalue weighted by Gasteiger charge is 2.51. The first-order chi connectivity index (χ1) is 13.3. The van der Waals surface area contributed by atoms with Crippen LogP contribution >= 0.6 is 0 Å². The fraction of sp³-hybridized carbons (Fsp3) is 0.391. The van der Waals surface area contributed by atoms with Gasteiger partial charge in [-0.15, -0.1) is 0 Å². The lowest BCUT2D eigenvalue weighted by Gasteiger charge is -2.49. The van der Waals surface area contributed by atoms with E-state index >= 15 is 0 Å². The summed E-state index contributed by atoms with van der Waals surface area (Å²) in [5.74, 6) is -1.72. The molecule has 1 aliphatic heterocycles. The van der Waals surface area contributed by atoms with Gasteiger partial charge in [0.25, 0.3) is 5.91 Å². The van der Waals surface area contributed by atoms with Crippen LogP contribution in [0.4, 0.5) is 0 Å². The summed E-state index contributed by atoms with van der Waals surface area (Å²) in [7, 11) is 3.91. The Hall–Kier alpha value is -2.66. The van der Waals surface area contributed by atoms with Crippen molar-refractivity contribution >= 4 is 11.9 Å². The molecule has 1 aliphatic rings. The zero-order valence-corrected chi connectivity index (χ0v) is 16.8. The molecule has 0 bridgehead atoms. The van der Waals surface area contributed by atoms with E-state index in [2.05, 4.69) is 0 Å². The molecule has 0 saturated heterocycles. The summed E-state index contributed by atoms with van der Waals surface area (Å²) in [6.45, 7) is 3.11. The zero-order chi connectivity index (χ0) is 20.3. The van der Waals surface area contributed by atoms with E-state index in [1.54, 1.807) is 23.1 Å². The van der Waals surface area contributed by atoms with Gasteiger partial charge >= 0.3 is 5.97 Å². The van der Waals surface area contributed by atoms with Crippen LogP contribution in [0, 0.1) is 0 Å². The molecule has 0 saturated carbocycles. The largest absolute Gasteiger partial charge is 0.481 e. The van der Waals surface area contributed by atoms with Gasteiger partial charge in [-0.1, -0.05) is 48.5 Å². The highest BCUT2D eigenvalue weighted by Crippen LogP contribution is 2.43. The van der Waals surface area contributed by atoms with Crippen molar-refractivity contribution < 1.29 is 14.7 Å². The molecule has 1 amide bonds. The lowest BCUT2D eigenvalue weighted by molar-refractivity contribution is -0.142. The average molecular weight is 380 g/mol. The number of aliphatic carboxylic acids is 1. The molecule has 2 atom stereocenters. The Morgan fingerprint density at radius 2 is 1.75 bits per heavy atom. The van der Waals surface area contributed by atoms with E-state index in [0.717, 1.165) is 12.0 Å². The quantitative estimate of drug-likeness (QED) is 0.801. The van der Waals surface area contributed by atoms with Crippen molar-refractivity contribution in [3.05, 3.63) is 71.3 Å². The van der Waals surface area contributed by atoms with E-state index in [9.17, 15) is 14.7 Å². The number of carboxylic acids is 1. The van der Waals surface area contributed by atoms with Crippen molar-refractivity contribution in [2.24, 2.45) is 0 Å². The molecule has 148 valence electrons. The number of carboxylic acid groups (broad SMARTS) is 1. The second kappa shape index (κ2) is 8.15. The summed E-state index contributed by atoms with van der Waals surface area (Å²) >= 11 is 0. The minimum atomic E-state index is -0.884. The summed E-state index contributed by atoms with van der Waals surface area (Å²) in [5.41, 5.74) is 1.47. The molecule has 3 rings (SSSR count). The Kier molecular flexibility index (Phi) is 5.84. The fourth-order valence-corrected chi connectivity index (χ4v) is 4.19. The summed E-state index contributed by atoms with van der Waals surface area (Å²) < 4.78 is 0. The molecule has 0 fully saturated rings. The highest BCUT2D eigenvalue weighted by molar-refractivity contribution is 6.00. The van der Waals surface area contributed by atoms with Gasteiger partial charge in [0, 0.05) is 18.7 Å². The number of nitrogens with zero attached hydrogens (tertiary/aromatic N) is 2. The predicted molar refractivity (Wildman–Crippen MR) is 110 cm³/mol. The van der Waals surface area contributed by atoms with E-state index in [4.69, 9.17) is 0 Å². The van der Waals surface area contributed by atoms with Gasteiger partial charge in [0.1, 0.15) is 5.92 Å². The Bertz CT molecular complexity index is 850. The molecule has 28 heavy (non-hydrogen) atoms. The third-order valence-electron chi connectivity index (χ3n) is 5.77. The summed E-state index contributed by atoms with van der Waals surface area (Å²) in [5, 5.41) is 10.2. The topological polar surface area (TPSA) is 60.9 Å². The first kappa shape index (κ1) is 20.1. The third-order valence-corrected chi connectivity index (χ3v) is 5.77. The van der Waals surface area contributed by atoms with Crippen LogP contribution in [0.3, 0.4) is 0 Å². The van der Waals surface area contributed by atoms with E-state index in [0.29, 0.717) is 30.6 Å². The van der Waals surface area contributed by atoms with E-state index in [-0.39, 0.29) is 5.91 Å². The second-order valence-corrected chi connectivity index (χ2v) is 7.96. The molecule has 2 unspecified atom stereocenters. The van der Waals surface area contributed by atoms with Crippen molar-refractivity contribution in [1.82, 2.24) is 9.80 Å². The van der Waals surface area contributed by atoms with Crippen LogP contribution in [0.5, 0.6) is 0 Å². The molecule has 1 N–H and O–H groups in total. The van der Waals surface area contributed by atoms with Gasteiger partial charge < -0.3 is 14.9 Å². The standard InChI is InChI=1S/C23H28N2O3/c1-23(14-13-17-9-5-4-6-10-17)20(22(27)28)18-11-7-8-12-19(18)21(26)25(23)16-15-24(2)3/h4-12,20H,13-16H2,1-3H3,(H,27,28). The van der Waals surface area contributed by atoms with E-state index in [1.165, 1.54) is 0 Å². The van der Waals surface area contributed by atoms with E-state index < -0.39 is 17.4 Å². The fourth-order valence-electron chi connectivity index (χ4n) is 4.19. The Balaban J connectivity index is 2.03. The second-order valence-electron chi connectivity index (χ2n) is 7.96. The third kappa shape index (κ3) is 3.80. The van der Waals surface area contributed by atoms with Crippen molar-refractivity contribution in [1.29, 1.82) is 0 Å². The van der Waals surface area contributed by atoms with Crippen LogP contribution < -0.4 is 0 Å². The number of likely N-dealkylation sites (N-methyl/N-ethyl adjacent to an activating group) is 1. The van der Waals surface area contributed by atoms with Crippen LogP contribution in [-0.4, -0.2) is 59.5 Å². The molecule has 0 radical (unpaired) electrons. The van der Waals surface area contributed by atoms with Gasteiger partial charge in [0.15, 0.2) is 0 Å². The SMILES string of the molecule is CN(C)CCN1C(=O)c2ccccc2C(C(=O)O)C1(C)CCc1ccccc1. The highest BCUT2D eigenvalue weighted by atomic mass is 16.4. The maximum atomic E-state index is 13.3. The molecule has 5 nitrogen and oxygen atoms in total. The first-order valence-electron chi connectivity index (χ1n) is 9.67. The lowest BCUT2D eigenvalue weighted by Crippen LogP contribution is -2.60. The number of carbonyl (C=O) groups excluding carboxylic acids is 1. The van der Waals surface area contributed by atoms with Crippen LogP contribution in [0.2, 0.25) is 0 Å². The summed E-state index contributed by atoms with van der Waals surface area (Å²) in [4.78, 5) is 29.5. The number of hydrogen-bond acceptors (Lipinski definition) is 3. The number of hydrogen-bond donors (Lipinski definition) is 1. The number of aryl methyl sites for hydroxylation is 1. The molecular weight excluding hydrogens is 352 g/mol. The zero-order valence-electron chi connectivity index (χ0n) is 16.8. The summed E-state index contributed by atoms with van der Waals surface area (Å²) in [6, 6.07) is 17.2. The van der Waals surface area contributed by atoms with Gasteiger partial charge in [-0.05, 0) is 51.1 Å². The van der Waals surface area contributed by atoms with Crippen molar-refractivity contribution in [3.8, 4) is 0 Å². The van der Waals surface area contributed by atoms with Crippen LogP contribution in [0.15, 0.2) is 54.6 Å². The van der Waals surface area contributed by atoms with Gasteiger partial charge in [-0.2, -0.15) is 0 Å². The van der Waals surface area contributed by atoms with Crippen LogP contribution in [0.1, 0.15) is 40.7 Å². The minimum Gasteiger partial charge on any atom is -0.481 e. The summed E-state index contributed by atoms with van der Waals surface area (Å²) in [6.07, 6.45) is 1.30. The monoisotopic (exact) mass is 380 g/mol. The average Bonchev–Trinajstić information content (AvgIpc) is 2.67. The Labute approximate surface area is 166 Å². The number of benzene rings is 2. The van der Waals surface area contributed by atoms with Crippen molar-refractivity contribution in [2.75, 3.05) is 27.2 Å². The smallest absolute Gasteiger partial charge is 0.313 e. The molecule has 0 aromatic heterocycles. The molecular formula is C23H28N2O3. The van der Waals surface area contributed by atoms with Crippen molar-refractivity contribution in [2.45, 2.75) is 31.2 Å². The Morgan fingerprint density at radius 3 is 2.39 bits per heavy atom. The lowest BCUT2D eigenvalue weighted by atomic mass is 9.71. The molecule has 0 spiro atoms. The molecule has 1 heterocycles. The number of amides is 1. The van der Waals surface area contributed by atoms with E-state index in [1.807, 2.05) is 62.3 Å². The predicted octanol–water partition coefficient (Wildman–Crippen LogP) is 3.26. The maximum Gasteiger partial charge on any atom is 0.313 e. The van der Waals surface area contributed by atoms with Gasteiger partial charge in [0.2, 0.25) is 0 Å². The van der Waals surface area contributed by atoms with Crippen LogP contribution in [0.25, 0.3) is 0 Å². The number of fused-ring (bicyclic) bond motifs is 1. The normalized spacial score (nSPS) is 21.6. The van der Waals surface area contributed by atoms with Gasteiger partial charge in [0.05, 0.1) is 5.54 Å². The number of carbonyl (C=O) groups is 2. The minimum absolute atomic E-state index is 0.0782. The van der Waals surface area contributed by atoms with Gasteiger partial charge in [-0.25, -0.2) is 0 Å². The molecule has 5 heteroatoms. The Morgan fingerprint density at radius 1 is 1.11 bits per heavy atom. The number of rotatable bonds is 7. The van der Waals surface area contributed by atoms with Crippen molar-refractivity contribution in [3.63, 3.8) is 0 Å². The van der Waals surface area contributed by atoms with Crippen LogP contribution in [-0.2, 0) is 11.2 Å². The molecule has 2 aromatic rings. The first-order valence-corrected chi connectivity index (χ1v) is 9.67. The molecule has 0 aliphatic carbocycles. The molecule has 2 aromatic carbocycles. The van der Waals surface area contributed by atoms with Gasteiger partial charge in [-0.3, -0.25) is 9.59 Å².